The molecule has 3 aliphatic carbocycles. The zero-order valence-electron chi connectivity index (χ0n) is 19.9. The van der Waals surface area contributed by atoms with Gasteiger partial charge in [-0.05, 0) is 93.1 Å². The first-order valence-electron chi connectivity index (χ1n) is 12.6. The maximum atomic E-state index is 10.6. The van der Waals surface area contributed by atoms with Gasteiger partial charge in [-0.15, -0.1) is 0 Å². The number of nitrogens with one attached hydrogen (secondary N) is 1. The minimum atomic E-state index is -0.754. The van der Waals surface area contributed by atoms with E-state index in [1.807, 2.05) is 13.8 Å². The fourth-order valence-corrected chi connectivity index (χ4v) is 8.96. The minimum Gasteiger partial charge on any atom is -0.388 e. The van der Waals surface area contributed by atoms with Crippen LogP contribution in [-0.2, 0) is 16.6 Å². The molecule has 6 rings (SSSR count). The molecule has 1 aromatic heterocycles. The second-order valence-corrected chi connectivity index (χ2v) is 12.5. The number of aliphatic hydroxyl groups is 1. The van der Waals surface area contributed by atoms with Crippen LogP contribution in [0, 0.1) is 22.7 Å². The standard InChI is InChI=1S/C28H39NO2/c1-25(2,30)22-12-14-26(3)21-11-10-17-16-19-18-8-6-7-9-20(18)29-24(19)28(17,5)27(21,4)15-13-23(26)31-22/h6-9,17,21-23,29-30H,10-16H2,1-5H3/t17?,21?,22-,23?,26-,27-,28+/m0/s1. The predicted octanol–water partition coefficient (Wildman–Crippen LogP) is 6.13. The van der Waals surface area contributed by atoms with Crippen LogP contribution < -0.4 is 0 Å². The summed E-state index contributed by atoms with van der Waals surface area (Å²) < 4.78 is 6.66. The molecule has 3 unspecified atom stereocenters. The normalized spacial score (nSPS) is 44.5. The number of hydrogen-bond donors (Lipinski definition) is 2. The van der Waals surface area contributed by atoms with Gasteiger partial charge in [-0.25, -0.2) is 0 Å². The van der Waals surface area contributed by atoms with E-state index in [2.05, 4.69) is 50.0 Å². The molecule has 0 amide bonds. The highest BCUT2D eigenvalue weighted by molar-refractivity contribution is 5.86. The Morgan fingerprint density at radius 3 is 2.58 bits per heavy atom. The van der Waals surface area contributed by atoms with Crippen LogP contribution in [0.1, 0.15) is 84.4 Å². The van der Waals surface area contributed by atoms with E-state index in [1.54, 1.807) is 11.3 Å². The quantitative estimate of drug-likeness (QED) is 0.581. The molecule has 7 atom stereocenters. The molecule has 2 heterocycles. The second-order valence-electron chi connectivity index (χ2n) is 12.5. The van der Waals surface area contributed by atoms with Gasteiger partial charge in [0.15, 0.2) is 0 Å². The third kappa shape index (κ3) is 2.43. The summed E-state index contributed by atoms with van der Waals surface area (Å²) in [7, 11) is 0. The monoisotopic (exact) mass is 421 g/mol. The fraction of sp³-hybridized carbons (Fsp3) is 0.714. The Kier molecular flexibility index (Phi) is 4.04. The van der Waals surface area contributed by atoms with E-state index in [0.29, 0.717) is 5.92 Å². The zero-order chi connectivity index (χ0) is 21.8. The minimum absolute atomic E-state index is 0.0337. The Hall–Kier alpha value is -1.32. The van der Waals surface area contributed by atoms with Gasteiger partial charge in [-0.3, -0.25) is 0 Å². The molecular weight excluding hydrogens is 382 g/mol. The summed E-state index contributed by atoms with van der Waals surface area (Å²) in [4.78, 5) is 3.92. The molecule has 3 nitrogen and oxygen atoms in total. The lowest BCUT2D eigenvalue weighted by molar-refractivity contribution is -0.246. The molecule has 4 aliphatic rings. The fourth-order valence-electron chi connectivity index (χ4n) is 8.96. The second kappa shape index (κ2) is 6.17. The summed E-state index contributed by atoms with van der Waals surface area (Å²) in [6, 6.07) is 8.91. The number of aromatic nitrogens is 1. The average Bonchev–Trinajstić information content (AvgIpc) is 3.22. The van der Waals surface area contributed by atoms with Gasteiger partial charge in [-0.2, -0.15) is 0 Å². The number of ether oxygens (including phenoxy) is 1. The Balaban J connectivity index is 1.42. The van der Waals surface area contributed by atoms with Crippen molar-refractivity contribution in [2.24, 2.45) is 22.7 Å². The third-order valence-corrected chi connectivity index (χ3v) is 10.9. The molecule has 0 radical (unpaired) electrons. The van der Waals surface area contributed by atoms with Crippen LogP contribution in [0.15, 0.2) is 24.3 Å². The molecule has 3 heteroatoms. The van der Waals surface area contributed by atoms with Crippen LogP contribution in [0.2, 0.25) is 0 Å². The van der Waals surface area contributed by atoms with Gasteiger partial charge in [0, 0.05) is 22.0 Å². The Morgan fingerprint density at radius 2 is 1.81 bits per heavy atom. The number of fused-ring (bicyclic) bond motifs is 9. The van der Waals surface area contributed by atoms with Crippen molar-refractivity contribution in [2.75, 3.05) is 0 Å². The van der Waals surface area contributed by atoms with E-state index in [0.717, 1.165) is 18.8 Å². The van der Waals surface area contributed by atoms with Crippen LogP contribution in [0.3, 0.4) is 0 Å². The van der Waals surface area contributed by atoms with Crippen LogP contribution in [0.4, 0.5) is 0 Å². The van der Waals surface area contributed by atoms with E-state index in [9.17, 15) is 5.11 Å². The molecule has 0 bridgehead atoms. The maximum absolute atomic E-state index is 10.6. The number of para-hydroxylation sites is 1. The topological polar surface area (TPSA) is 45.2 Å². The lowest BCUT2D eigenvalue weighted by Gasteiger charge is -2.67. The lowest BCUT2D eigenvalue weighted by atomic mass is 9.40. The molecule has 168 valence electrons. The zero-order valence-corrected chi connectivity index (χ0v) is 19.9. The number of rotatable bonds is 1. The van der Waals surface area contributed by atoms with Crippen LogP contribution in [0.25, 0.3) is 10.9 Å². The van der Waals surface area contributed by atoms with E-state index >= 15 is 0 Å². The van der Waals surface area contributed by atoms with Crippen molar-refractivity contribution in [1.29, 1.82) is 0 Å². The predicted molar refractivity (Wildman–Crippen MR) is 125 cm³/mol. The smallest absolute Gasteiger partial charge is 0.0860 e. The largest absolute Gasteiger partial charge is 0.388 e. The SMILES string of the molecule is CC(C)(O)[C@@H]1CC[C@]2(C)C(CC[C@@]3(C)C2CCC2Cc4c([nH]c5ccccc45)[C@@]23C)O1. The van der Waals surface area contributed by atoms with Gasteiger partial charge in [0.1, 0.15) is 0 Å². The van der Waals surface area contributed by atoms with E-state index in [1.165, 1.54) is 43.0 Å². The van der Waals surface area contributed by atoms with Gasteiger partial charge >= 0.3 is 0 Å². The Morgan fingerprint density at radius 1 is 1.03 bits per heavy atom. The molecule has 31 heavy (non-hydrogen) atoms. The first-order chi connectivity index (χ1) is 14.6. The van der Waals surface area contributed by atoms with Crippen LogP contribution >= 0.6 is 0 Å². The average molecular weight is 422 g/mol. The molecule has 1 aliphatic heterocycles. The van der Waals surface area contributed by atoms with Crippen LogP contribution in [-0.4, -0.2) is 27.9 Å². The van der Waals surface area contributed by atoms with Crippen LogP contribution in [0.5, 0.6) is 0 Å². The maximum Gasteiger partial charge on any atom is 0.0860 e. The molecule has 1 aromatic carbocycles. The highest BCUT2D eigenvalue weighted by Crippen LogP contribution is 2.71. The van der Waals surface area contributed by atoms with Crippen molar-refractivity contribution >= 4 is 10.9 Å². The van der Waals surface area contributed by atoms with E-state index in [4.69, 9.17) is 4.74 Å². The van der Waals surface area contributed by atoms with Crippen molar-refractivity contribution in [3.8, 4) is 0 Å². The summed E-state index contributed by atoms with van der Waals surface area (Å²) in [5, 5.41) is 12.1. The molecule has 3 fully saturated rings. The summed E-state index contributed by atoms with van der Waals surface area (Å²) in [6.07, 6.45) is 8.61. The number of aromatic amines is 1. The third-order valence-electron chi connectivity index (χ3n) is 10.9. The van der Waals surface area contributed by atoms with Crippen molar-refractivity contribution in [3.05, 3.63) is 35.5 Å². The number of hydrogen-bond acceptors (Lipinski definition) is 2. The van der Waals surface area contributed by atoms with Gasteiger partial charge < -0.3 is 14.8 Å². The summed E-state index contributed by atoms with van der Waals surface area (Å²) in [5.74, 6) is 1.41. The summed E-state index contributed by atoms with van der Waals surface area (Å²) >= 11 is 0. The Bertz CT molecular complexity index is 1030. The van der Waals surface area contributed by atoms with E-state index < -0.39 is 5.60 Å². The summed E-state index contributed by atoms with van der Waals surface area (Å²) in [5.41, 5.74) is 4.38. The van der Waals surface area contributed by atoms with Crippen molar-refractivity contribution in [2.45, 2.75) is 103 Å². The lowest BCUT2D eigenvalue weighted by Crippen LogP contribution is -2.64. The van der Waals surface area contributed by atoms with Gasteiger partial charge in [0.05, 0.1) is 17.8 Å². The van der Waals surface area contributed by atoms with E-state index in [-0.39, 0.29) is 28.5 Å². The first-order valence-corrected chi connectivity index (χ1v) is 12.6. The molecule has 1 saturated heterocycles. The van der Waals surface area contributed by atoms with Crippen molar-refractivity contribution < 1.29 is 9.84 Å². The number of H-pyrrole nitrogens is 1. The van der Waals surface area contributed by atoms with Gasteiger partial charge in [0.2, 0.25) is 0 Å². The summed E-state index contributed by atoms with van der Waals surface area (Å²) in [6.45, 7) is 11.6. The highest BCUT2D eigenvalue weighted by Gasteiger charge is 2.67. The van der Waals surface area contributed by atoms with Gasteiger partial charge in [0.25, 0.3) is 0 Å². The molecule has 2 N–H and O–H groups in total. The molecule has 2 saturated carbocycles. The highest BCUT2D eigenvalue weighted by atomic mass is 16.5. The van der Waals surface area contributed by atoms with Crippen molar-refractivity contribution in [1.82, 2.24) is 4.98 Å². The molecule has 2 aromatic rings. The Labute approximate surface area is 187 Å². The van der Waals surface area contributed by atoms with Gasteiger partial charge in [-0.1, -0.05) is 39.0 Å². The first kappa shape index (κ1) is 20.3. The molecule has 0 spiro atoms. The van der Waals surface area contributed by atoms with Crippen molar-refractivity contribution in [3.63, 3.8) is 0 Å². The number of benzene rings is 1. The molecular formula is C28H39NO2.